The number of nitrogens with one attached hydrogen (secondary N) is 1. The van der Waals surface area contributed by atoms with E-state index >= 15 is 0 Å². The Morgan fingerprint density at radius 1 is 1.25 bits per heavy atom. The zero-order valence-electron chi connectivity index (χ0n) is 12.4. The molecule has 110 valence electrons. The van der Waals surface area contributed by atoms with Crippen LogP contribution in [0.5, 0.6) is 0 Å². The quantitative estimate of drug-likeness (QED) is 0.779. The van der Waals surface area contributed by atoms with Crippen LogP contribution >= 0.6 is 0 Å². The number of benzene rings is 1. The Hall–Kier alpha value is -1.84. The summed E-state index contributed by atoms with van der Waals surface area (Å²) in [7, 11) is 0. The largest absolute Gasteiger partial charge is 0.466 e. The van der Waals surface area contributed by atoms with E-state index in [-0.39, 0.29) is 30.8 Å². The normalized spacial score (nSPS) is 11.8. The highest BCUT2D eigenvalue weighted by Gasteiger charge is 2.11. The number of amides is 1. The Labute approximate surface area is 120 Å². The van der Waals surface area contributed by atoms with Crippen molar-refractivity contribution in [2.24, 2.45) is 0 Å². The van der Waals surface area contributed by atoms with E-state index in [0.717, 1.165) is 6.42 Å². The molecule has 1 atom stereocenters. The lowest BCUT2D eigenvalue weighted by molar-refractivity contribution is -0.144. The summed E-state index contributed by atoms with van der Waals surface area (Å²) in [6, 6.07) is 8.17. The first-order valence-electron chi connectivity index (χ1n) is 7.02. The minimum absolute atomic E-state index is 0.0470. The van der Waals surface area contributed by atoms with E-state index in [0.29, 0.717) is 6.61 Å². The van der Waals surface area contributed by atoms with Crippen molar-refractivity contribution in [2.45, 2.75) is 46.1 Å². The number of hydrogen-bond acceptors (Lipinski definition) is 3. The second kappa shape index (κ2) is 8.35. The van der Waals surface area contributed by atoms with Gasteiger partial charge < -0.3 is 10.1 Å². The summed E-state index contributed by atoms with van der Waals surface area (Å²) < 4.78 is 4.79. The number of carbonyl (C=O) groups is 2. The summed E-state index contributed by atoms with van der Waals surface area (Å²) in [5, 5.41) is 2.91. The van der Waals surface area contributed by atoms with E-state index < -0.39 is 0 Å². The van der Waals surface area contributed by atoms with Gasteiger partial charge in [0.15, 0.2) is 0 Å². The van der Waals surface area contributed by atoms with Crippen LogP contribution in [0.25, 0.3) is 0 Å². The van der Waals surface area contributed by atoms with E-state index in [9.17, 15) is 9.59 Å². The van der Waals surface area contributed by atoms with Gasteiger partial charge in [0.05, 0.1) is 13.0 Å². The number of ether oxygens (including phenoxy) is 1. The molecule has 0 fully saturated rings. The molecular formula is C16H23NO3. The molecule has 4 nitrogen and oxygen atoms in total. The third-order valence-corrected chi connectivity index (χ3v) is 3.06. The predicted molar refractivity (Wildman–Crippen MR) is 78.4 cm³/mol. The number of hydrogen-bond donors (Lipinski definition) is 1. The van der Waals surface area contributed by atoms with Gasteiger partial charge in [-0.2, -0.15) is 0 Å². The van der Waals surface area contributed by atoms with E-state index in [1.807, 2.05) is 19.1 Å². The van der Waals surface area contributed by atoms with Crippen molar-refractivity contribution in [1.82, 2.24) is 5.32 Å². The average molecular weight is 277 g/mol. The van der Waals surface area contributed by atoms with Gasteiger partial charge in [0.2, 0.25) is 5.91 Å². The molecule has 20 heavy (non-hydrogen) atoms. The Morgan fingerprint density at radius 2 is 1.95 bits per heavy atom. The zero-order chi connectivity index (χ0) is 15.0. The minimum atomic E-state index is -0.325. The Balaban J connectivity index is 2.35. The number of rotatable bonds is 7. The van der Waals surface area contributed by atoms with Crippen LogP contribution in [0.4, 0.5) is 0 Å². The van der Waals surface area contributed by atoms with Gasteiger partial charge in [0, 0.05) is 12.5 Å². The highest BCUT2D eigenvalue weighted by Crippen LogP contribution is 2.09. The summed E-state index contributed by atoms with van der Waals surface area (Å²) in [5.74, 6) is -0.437. The highest BCUT2D eigenvalue weighted by atomic mass is 16.5. The molecule has 0 radical (unpaired) electrons. The maximum Gasteiger partial charge on any atom is 0.306 e. The van der Waals surface area contributed by atoms with Gasteiger partial charge in [-0.15, -0.1) is 0 Å². The van der Waals surface area contributed by atoms with E-state index in [4.69, 9.17) is 4.74 Å². The van der Waals surface area contributed by atoms with Gasteiger partial charge in [-0.3, -0.25) is 9.59 Å². The summed E-state index contributed by atoms with van der Waals surface area (Å²) >= 11 is 0. The van der Waals surface area contributed by atoms with E-state index in [2.05, 4.69) is 24.4 Å². The van der Waals surface area contributed by atoms with Crippen molar-refractivity contribution in [3.05, 3.63) is 35.4 Å². The first kappa shape index (κ1) is 16.2. The highest BCUT2D eigenvalue weighted by molar-refractivity contribution is 5.81. The molecule has 1 N–H and O–H groups in total. The monoisotopic (exact) mass is 277 g/mol. The van der Waals surface area contributed by atoms with Gasteiger partial charge >= 0.3 is 5.97 Å². The third kappa shape index (κ3) is 5.87. The van der Waals surface area contributed by atoms with Crippen LogP contribution in [0, 0.1) is 6.92 Å². The van der Waals surface area contributed by atoms with Gasteiger partial charge in [-0.25, -0.2) is 0 Å². The van der Waals surface area contributed by atoms with Crippen LogP contribution < -0.4 is 5.32 Å². The van der Waals surface area contributed by atoms with Crippen molar-refractivity contribution in [3.8, 4) is 0 Å². The van der Waals surface area contributed by atoms with Crippen LogP contribution in [0.15, 0.2) is 24.3 Å². The van der Waals surface area contributed by atoms with Crippen molar-refractivity contribution in [1.29, 1.82) is 0 Å². The molecule has 1 amide bonds. The maximum absolute atomic E-state index is 11.7. The first-order chi connectivity index (χ1) is 9.52. The fraction of sp³-hybridized carbons (Fsp3) is 0.500. The van der Waals surface area contributed by atoms with Gasteiger partial charge in [0.25, 0.3) is 0 Å². The van der Waals surface area contributed by atoms with Crippen molar-refractivity contribution in [2.75, 3.05) is 6.61 Å². The number of esters is 1. The smallest absolute Gasteiger partial charge is 0.306 e. The second-order valence-corrected chi connectivity index (χ2v) is 4.90. The topological polar surface area (TPSA) is 55.4 Å². The van der Waals surface area contributed by atoms with Crippen molar-refractivity contribution in [3.63, 3.8) is 0 Å². The fourth-order valence-corrected chi connectivity index (χ4v) is 2.02. The SMILES string of the molecule is CCOC(=O)CCC(=O)NC(C)Cc1ccccc1C. The molecule has 1 aromatic rings. The fourth-order valence-electron chi connectivity index (χ4n) is 2.02. The van der Waals surface area contributed by atoms with Gasteiger partial charge in [-0.1, -0.05) is 24.3 Å². The molecule has 0 saturated carbocycles. The zero-order valence-corrected chi connectivity index (χ0v) is 12.4. The van der Waals surface area contributed by atoms with Gasteiger partial charge in [-0.05, 0) is 38.3 Å². The minimum Gasteiger partial charge on any atom is -0.466 e. The lowest BCUT2D eigenvalue weighted by Crippen LogP contribution is -2.34. The summed E-state index contributed by atoms with van der Waals surface area (Å²) in [4.78, 5) is 22.9. The molecule has 1 unspecified atom stereocenters. The molecule has 4 heteroatoms. The molecule has 0 aromatic heterocycles. The summed E-state index contributed by atoms with van der Waals surface area (Å²) in [6.07, 6.45) is 1.10. The molecule has 1 rings (SSSR count). The molecular weight excluding hydrogens is 254 g/mol. The Morgan fingerprint density at radius 3 is 2.60 bits per heavy atom. The summed E-state index contributed by atoms with van der Waals surface area (Å²) in [6.45, 7) is 6.13. The van der Waals surface area contributed by atoms with E-state index in [1.54, 1.807) is 6.92 Å². The summed E-state index contributed by atoms with van der Waals surface area (Å²) in [5.41, 5.74) is 2.45. The molecule has 0 aliphatic carbocycles. The van der Waals surface area contributed by atoms with Crippen LogP contribution in [-0.4, -0.2) is 24.5 Å². The third-order valence-electron chi connectivity index (χ3n) is 3.06. The number of aryl methyl sites for hydroxylation is 1. The molecule has 0 aliphatic heterocycles. The first-order valence-corrected chi connectivity index (χ1v) is 7.02. The lowest BCUT2D eigenvalue weighted by atomic mass is 10.0. The Bertz CT molecular complexity index is 457. The van der Waals surface area contributed by atoms with E-state index in [1.165, 1.54) is 11.1 Å². The molecule has 0 bridgehead atoms. The molecule has 0 aliphatic rings. The maximum atomic E-state index is 11.7. The lowest BCUT2D eigenvalue weighted by Gasteiger charge is -2.15. The molecule has 0 heterocycles. The van der Waals surface area contributed by atoms with Crippen molar-refractivity contribution >= 4 is 11.9 Å². The van der Waals surface area contributed by atoms with Gasteiger partial charge in [0.1, 0.15) is 0 Å². The Kier molecular flexibility index (Phi) is 6.77. The van der Waals surface area contributed by atoms with Crippen molar-refractivity contribution < 1.29 is 14.3 Å². The molecule has 0 spiro atoms. The van der Waals surface area contributed by atoms with Crippen LogP contribution in [0.2, 0.25) is 0 Å². The number of carbonyl (C=O) groups excluding carboxylic acids is 2. The average Bonchev–Trinajstić information content (AvgIpc) is 2.39. The molecule has 0 saturated heterocycles. The predicted octanol–water partition coefficient (Wildman–Crippen LogP) is 2.39. The van der Waals surface area contributed by atoms with Crippen LogP contribution in [-0.2, 0) is 20.7 Å². The standard InChI is InChI=1S/C16H23NO3/c1-4-20-16(19)10-9-15(18)17-13(3)11-14-8-6-5-7-12(14)2/h5-8,13H,4,9-11H2,1-3H3,(H,17,18). The van der Waals surface area contributed by atoms with Crippen LogP contribution in [0.3, 0.4) is 0 Å². The second-order valence-electron chi connectivity index (χ2n) is 4.90. The van der Waals surface area contributed by atoms with Crippen LogP contribution in [0.1, 0.15) is 37.8 Å². The molecule has 1 aromatic carbocycles.